The number of ether oxygens (including phenoxy) is 2. The van der Waals surface area contributed by atoms with E-state index in [1.807, 2.05) is 6.07 Å². The predicted molar refractivity (Wildman–Crippen MR) is 102 cm³/mol. The maximum Gasteiger partial charge on any atom is 0.387 e. The average molecular weight is 465 g/mol. The lowest BCUT2D eigenvalue weighted by Crippen LogP contribution is -2.29. The Balaban J connectivity index is 1.89. The van der Waals surface area contributed by atoms with Gasteiger partial charge in [-0.2, -0.15) is 27.5 Å². The second-order valence-corrected chi connectivity index (χ2v) is 6.45. The molecule has 0 saturated carbocycles. The summed E-state index contributed by atoms with van der Waals surface area (Å²) >= 11 is 0. The molecule has 14 heteroatoms. The van der Waals surface area contributed by atoms with E-state index in [4.69, 9.17) is 5.26 Å². The van der Waals surface area contributed by atoms with E-state index in [9.17, 15) is 22.4 Å². The molecule has 0 fully saturated rings. The van der Waals surface area contributed by atoms with Gasteiger partial charge in [-0.3, -0.25) is 4.79 Å². The lowest BCUT2D eigenvalue weighted by atomic mass is 10.1. The summed E-state index contributed by atoms with van der Waals surface area (Å²) in [5.74, 6) is -1.10. The highest BCUT2D eigenvalue weighted by molar-refractivity contribution is 5.95. The molecule has 33 heavy (non-hydrogen) atoms. The molecule has 0 aliphatic heterocycles. The minimum absolute atomic E-state index is 0.0817. The quantitative estimate of drug-likeness (QED) is 0.503. The van der Waals surface area contributed by atoms with Gasteiger partial charge in [-0.25, -0.2) is 15.0 Å². The SMILES string of the molecule is Cc1nc([C@H](C)NC(=O)c2cc(OC(F)F)cc(OC(F)F)c2)n(-c2cc(C#N)ncn2)n1. The van der Waals surface area contributed by atoms with Crippen LogP contribution in [0.5, 0.6) is 11.5 Å². The Labute approximate surface area is 183 Å². The fourth-order valence-corrected chi connectivity index (χ4v) is 2.79. The van der Waals surface area contributed by atoms with Gasteiger partial charge in [0.15, 0.2) is 11.6 Å². The van der Waals surface area contributed by atoms with E-state index in [2.05, 4.69) is 34.8 Å². The molecule has 0 saturated heterocycles. The zero-order valence-electron chi connectivity index (χ0n) is 17.0. The standard InChI is InChI=1S/C19H15F4N7O3/c1-9(16-28-10(2)29-30(16)15-5-12(7-24)25-8-26-15)27-17(31)11-3-13(32-18(20)21)6-14(4-11)33-19(22)23/h3-6,8-9,18-19H,1-2H3,(H,27,31)/t9-/m0/s1. The van der Waals surface area contributed by atoms with Crippen LogP contribution in [0, 0.1) is 18.3 Å². The van der Waals surface area contributed by atoms with E-state index in [0.29, 0.717) is 5.82 Å². The van der Waals surface area contributed by atoms with Crippen LogP contribution in [-0.4, -0.2) is 43.9 Å². The number of carbonyl (C=O) groups excluding carboxylic acids is 1. The van der Waals surface area contributed by atoms with Gasteiger partial charge in [0.25, 0.3) is 5.91 Å². The van der Waals surface area contributed by atoms with E-state index in [0.717, 1.165) is 24.5 Å². The number of nitriles is 1. The molecule has 2 heterocycles. The molecule has 10 nitrogen and oxygen atoms in total. The maximum atomic E-state index is 12.7. The largest absolute Gasteiger partial charge is 0.435 e. The van der Waals surface area contributed by atoms with Crippen molar-refractivity contribution in [3.8, 4) is 23.4 Å². The zero-order chi connectivity index (χ0) is 24.1. The van der Waals surface area contributed by atoms with Crippen LogP contribution in [-0.2, 0) is 0 Å². The molecular formula is C19H15F4N7O3. The summed E-state index contributed by atoms with van der Waals surface area (Å²) in [7, 11) is 0. The highest BCUT2D eigenvalue weighted by atomic mass is 19.3. The van der Waals surface area contributed by atoms with Crippen molar-refractivity contribution in [3.63, 3.8) is 0 Å². The molecule has 0 aliphatic rings. The molecule has 1 aromatic carbocycles. The second kappa shape index (κ2) is 9.90. The molecule has 0 spiro atoms. The van der Waals surface area contributed by atoms with Crippen LogP contribution in [0.15, 0.2) is 30.6 Å². The number of alkyl halides is 4. The molecule has 172 valence electrons. The number of nitrogens with zero attached hydrogens (tertiary/aromatic N) is 6. The maximum absolute atomic E-state index is 12.7. The molecule has 1 atom stereocenters. The van der Waals surface area contributed by atoms with Gasteiger partial charge in [0, 0.05) is 17.7 Å². The number of halogens is 4. The Bertz CT molecular complexity index is 1170. The molecule has 0 radical (unpaired) electrons. The fourth-order valence-electron chi connectivity index (χ4n) is 2.79. The molecule has 1 N–H and O–H groups in total. The fraction of sp³-hybridized carbons (Fsp3) is 0.263. The van der Waals surface area contributed by atoms with Crippen LogP contribution in [0.25, 0.3) is 5.82 Å². The van der Waals surface area contributed by atoms with Gasteiger partial charge < -0.3 is 14.8 Å². The number of carbonyl (C=O) groups is 1. The van der Waals surface area contributed by atoms with Crippen molar-refractivity contribution in [1.29, 1.82) is 5.26 Å². The smallest absolute Gasteiger partial charge is 0.387 e. The minimum atomic E-state index is -3.24. The number of nitrogens with one attached hydrogen (secondary N) is 1. The van der Waals surface area contributed by atoms with E-state index < -0.39 is 36.7 Å². The van der Waals surface area contributed by atoms with Gasteiger partial charge in [0.1, 0.15) is 35.4 Å². The highest BCUT2D eigenvalue weighted by Gasteiger charge is 2.21. The molecule has 1 amide bonds. The minimum Gasteiger partial charge on any atom is -0.435 e. The third-order valence-electron chi connectivity index (χ3n) is 4.05. The van der Waals surface area contributed by atoms with Crippen LogP contribution in [0.1, 0.15) is 40.7 Å². The second-order valence-electron chi connectivity index (χ2n) is 6.45. The van der Waals surface area contributed by atoms with Crippen LogP contribution in [0.3, 0.4) is 0 Å². The van der Waals surface area contributed by atoms with Crippen molar-refractivity contribution < 1.29 is 31.8 Å². The summed E-state index contributed by atoms with van der Waals surface area (Å²) in [4.78, 5) is 24.8. The number of amides is 1. The molecule has 2 aromatic heterocycles. The topological polar surface area (TPSA) is 128 Å². The molecule has 3 aromatic rings. The summed E-state index contributed by atoms with van der Waals surface area (Å²) in [5, 5.41) is 15.8. The number of hydrogen-bond donors (Lipinski definition) is 1. The number of aromatic nitrogens is 5. The zero-order valence-corrected chi connectivity index (χ0v) is 17.0. The van der Waals surface area contributed by atoms with Crippen LogP contribution < -0.4 is 14.8 Å². The first-order valence-corrected chi connectivity index (χ1v) is 9.18. The Morgan fingerprint density at radius 3 is 2.30 bits per heavy atom. The Morgan fingerprint density at radius 2 is 1.73 bits per heavy atom. The molecular weight excluding hydrogens is 450 g/mol. The van der Waals surface area contributed by atoms with Crippen LogP contribution in [0.4, 0.5) is 17.6 Å². The number of hydrogen-bond acceptors (Lipinski definition) is 8. The first-order chi connectivity index (χ1) is 15.7. The number of benzene rings is 1. The normalized spacial score (nSPS) is 11.8. The van der Waals surface area contributed by atoms with Crippen molar-refractivity contribution in [2.45, 2.75) is 33.1 Å². The van der Waals surface area contributed by atoms with Gasteiger partial charge in [-0.05, 0) is 26.0 Å². The Morgan fingerprint density at radius 1 is 1.09 bits per heavy atom. The highest BCUT2D eigenvalue weighted by Crippen LogP contribution is 2.26. The van der Waals surface area contributed by atoms with E-state index in [1.54, 1.807) is 13.8 Å². The van der Waals surface area contributed by atoms with Crippen molar-refractivity contribution >= 4 is 5.91 Å². The average Bonchev–Trinajstić information content (AvgIpc) is 3.14. The number of rotatable bonds is 8. The third kappa shape index (κ3) is 5.91. The Hall–Kier alpha value is -4.28. The first kappa shape index (κ1) is 23.4. The lowest BCUT2D eigenvalue weighted by molar-refractivity contribution is -0.0543. The summed E-state index contributed by atoms with van der Waals surface area (Å²) in [6.45, 7) is -3.33. The molecule has 0 aliphatic carbocycles. The predicted octanol–water partition coefficient (Wildman–Crippen LogP) is 2.93. The van der Waals surface area contributed by atoms with Crippen molar-refractivity contribution in [1.82, 2.24) is 30.0 Å². The van der Waals surface area contributed by atoms with Crippen LogP contribution >= 0.6 is 0 Å². The molecule has 3 rings (SSSR count). The number of aryl methyl sites for hydroxylation is 1. The van der Waals surface area contributed by atoms with Gasteiger partial charge in [-0.1, -0.05) is 0 Å². The summed E-state index contributed by atoms with van der Waals surface area (Å²) < 4.78 is 60.0. The summed E-state index contributed by atoms with van der Waals surface area (Å²) in [5.41, 5.74) is -0.189. The first-order valence-electron chi connectivity index (χ1n) is 9.18. The van der Waals surface area contributed by atoms with Gasteiger partial charge in [0.05, 0.1) is 6.04 Å². The van der Waals surface area contributed by atoms with E-state index >= 15 is 0 Å². The van der Waals surface area contributed by atoms with Crippen molar-refractivity contribution in [3.05, 3.63) is 53.5 Å². The van der Waals surface area contributed by atoms with Gasteiger partial charge in [-0.15, -0.1) is 5.10 Å². The summed E-state index contributed by atoms with van der Waals surface area (Å²) in [6.07, 6.45) is 1.16. The Kier molecular flexibility index (Phi) is 7.01. The van der Waals surface area contributed by atoms with Gasteiger partial charge >= 0.3 is 13.2 Å². The van der Waals surface area contributed by atoms with Crippen LogP contribution in [0.2, 0.25) is 0 Å². The monoisotopic (exact) mass is 465 g/mol. The van der Waals surface area contributed by atoms with Gasteiger partial charge in [0.2, 0.25) is 0 Å². The lowest BCUT2D eigenvalue weighted by Gasteiger charge is -2.16. The molecule has 0 bridgehead atoms. The molecule has 0 unspecified atom stereocenters. The summed E-state index contributed by atoms with van der Waals surface area (Å²) in [6, 6.07) is 5.14. The van der Waals surface area contributed by atoms with Crippen molar-refractivity contribution in [2.75, 3.05) is 0 Å². The van der Waals surface area contributed by atoms with E-state index in [-0.39, 0.29) is 22.9 Å². The van der Waals surface area contributed by atoms with E-state index in [1.165, 1.54) is 10.7 Å². The third-order valence-corrected chi connectivity index (χ3v) is 4.05. The van der Waals surface area contributed by atoms with Crippen molar-refractivity contribution in [2.24, 2.45) is 0 Å².